The number of methoxy groups -OCH3 is 1. The van der Waals surface area contributed by atoms with Crippen LogP contribution in [0.4, 0.5) is 5.69 Å². The Bertz CT molecular complexity index is 941. The van der Waals surface area contributed by atoms with Gasteiger partial charge in [-0.3, -0.25) is 9.98 Å². The van der Waals surface area contributed by atoms with Gasteiger partial charge in [-0.25, -0.2) is 0 Å². The molecule has 0 aliphatic heterocycles. The average Bonchev–Trinajstić information content (AvgIpc) is 2.72. The van der Waals surface area contributed by atoms with Crippen molar-refractivity contribution in [3.05, 3.63) is 60.3 Å². The second-order valence-electron chi connectivity index (χ2n) is 5.84. The lowest BCUT2D eigenvalue weighted by atomic mass is 10.1. The van der Waals surface area contributed by atoms with Gasteiger partial charge in [-0.2, -0.15) is 0 Å². The summed E-state index contributed by atoms with van der Waals surface area (Å²) in [5.74, 6) is 2.07. The van der Waals surface area contributed by atoms with Crippen LogP contribution in [0.1, 0.15) is 12.5 Å². The molecule has 148 valence electrons. The Morgan fingerprint density at radius 3 is 2.68 bits per heavy atom. The van der Waals surface area contributed by atoms with E-state index in [1.165, 1.54) is 0 Å². The molecule has 0 fully saturated rings. The van der Waals surface area contributed by atoms with E-state index in [1.54, 1.807) is 14.2 Å². The zero-order valence-electron chi connectivity index (χ0n) is 16.2. The molecule has 2 N–H and O–H groups in total. The number of anilines is 1. The molecule has 28 heavy (non-hydrogen) atoms. The molecular weight excluding hydrogens is 467 g/mol. The molecule has 3 aromatic rings. The molecule has 2 aromatic carbocycles. The Hall–Kier alpha value is -2.55. The van der Waals surface area contributed by atoms with E-state index in [2.05, 4.69) is 26.7 Å². The van der Waals surface area contributed by atoms with Crippen LogP contribution in [0.25, 0.3) is 10.9 Å². The van der Waals surface area contributed by atoms with Gasteiger partial charge in [0.2, 0.25) is 0 Å². The van der Waals surface area contributed by atoms with Crippen LogP contribution in [-0.2, 0) is 6.54 Å². The molecule has 1 aromatic heterocycles. The molecule has 0 atom stereocenters. The van der Waals surface area contributed by atoms with E-state index in [-0.39, 0.29) is 24.0 Å². The highest BCUT2D eigenvalue weighted by Gasteiger charge is 2.08. The summed E-state index contributed by atoms with van der Waals surface area (Å²) < 4.78 is 11.0. The summed E-state index contributed by atoms with van der Waals surface area (Å²) in [5.41, 5.74) is 3.01. The number of fused-ring (bicyclic) bond motifs is 1. The predicted octanol–water partition coefficient (Wildman–Crippen LogP) is 4.45. The fourth-order valence-corrected chi connectivity index (χ4v) is 2.82. The molecule has 0 amide bonds. The van der Waals surface area contributed by atoms with E-state index in [0.717, 1.165) is 27.9 Å². The third-order valence-corrected chi connectivity index (χ3v) is 4.14. The van der Waals surface area contributed by atoms with Crippen LogP contribution >= 0.6 is 24.0 Å². The summed E-state index contributed by atoms with van der Waals surface area (Å²) in [6, 6.07) is 15.8. The van der Waals surface area contributed by atoms with Crippen molar-refractivity contribution in [3.8, 4) is 11.5 Å². The maximum Gasteiger partial charge on any atom is 0.195 e. The number of hydrogen-bond acceptors (Lipinski definition) is 4. The number of aromatic nitrogens is 1. The minimum atomic E-state index is 0. The highest BCUT2D eigenvalue weighted by molar-refractivity contribution is 14.0. The number of ether oxygens (including phenoxy) is 2. The van der Waals surface area contributed by atoms with Crippen LogP contribution in [0.3, 0.4) is 0 Å². The molecule has 0 radical (unpaired) electrons. The minimum absolute atomic E-state index is 0. The van der Waals surface area contributed by atoms with Crippen molar-refractivity contribution in [1.82, 2.24) is 10.3 Å². The standard InChI is InChI=1S/C21H24N4O2.HI/c1-4-27-19-10-9-16(13-20(19)26-3)25-21(22-2)24-14-15-11-12-23-18-8-6-5-7-17(15)18;/h5-13H,4,14H2,1-3H3,(H2,22,24,25);1H. The van der Waals surface area contributed by atoms with E-state index in [1.807, 2.05) is 55.6 Å². The highest BCUT2D eigenvalue weighted by atomic mass is 127. The van der Waals surface area contributed by atoms with Crippen LogP contribution in [0.5, 0.6) is 11.5 Å². The lowest BCUT2D eigenvalue weighted by molar-refractivity contribution is 0.311. The molecule has 0 aliphatic rings. The van der Waals surface area contributed by atoms with Crippen molar-refractivity contribution in [2.45, 2.75) is 13.5 Å². The van der Waals surface area contributed by atoms with Gasteiger partial charge in [0.25, 0.3) is 0 Å². The maximum atomic E-state index is 5.56. The largest absolute Gasteiger partial charge is 0.493 e. The van der Waals surface area contributed by atoms with Gasteiger partial charge in [-0.1, -0.05) is 18.2 Å². The number of benzene rings is 2. The summed E-state index contributed by atoms with van der Waals surface area (Å²) in [4.78, 5) is 8.70. The van der Waals surface area contributed by atoms with E-state index in [4.69, 9.17) is 9.47 Å². The summed E-state index contributed by atoms with van der Waals surface area (Å²) in [5, 5.41) is 7.75. The Balaban J connectivity index is 0.00000280. The molecule has 1 heterocycles. The minimum Gasteiger partial charge on any atom is -0.493 e. The van der Waals surface area contributed by atoms with E-state index in [9.17, 15) is 0 Å². The van der Waals surface area contributed by atoms with Crippen molar-refractivity contribution in [3.63, 3.8) is 0 Å². The number of halogens is 1. The van der Waals surface area contributed by atoms with Crippen molar-refractivity contribution in [2.24, 2.45) is 4.99 Å². The van der Waals surface area contributed by atoms with Crippen molar-refractivity contribution in [1.29, 1.82) is 0 Å². The normalized spacial score (nSPS) is 10.9. The second-order valence-corrected chi connectivity index (χ2v) is 5.84. The quantitative estimate of drug-likeness (QED) is 0.303. The van der Waals surface area contributed by atoms with E-state index in [0.29, 0.717) is 24.9 Å². The zero-order valence-corrected chi connectivity index (χ0v) is 18.6. The average molecular weight is 492 g/mol. The van der Waals surface area contributed by atoms with E-state index >= 15 is 0 Å². The summed E-state index contributed by atoms with van der Waals surface area (Å²) in [7, 11) is 3.37. The number of aliphatic imine (C=N–C) groups is 1. The van der Waals surface area contributed by atoms with Crippen molar-refractivity contribution < 1.29 is 9.47 Å². The number of rotatable bonds is 6. The number of nitrogens with one attached hydrogen (secondary N) is 2. The van der Waals surface area contributed by atoms with Gasteiger partial charge in [0.05, 0.1) is 19.2 Å². The van der Waals surface area contributed by atoms with Gasteiger partial charge in [0.1, 0.15) is 0 Å². The lowest BCUT2D eigenvalue weighted by Gasteiger charge is -2.15. The lowest BCUT2D eigenvalue weighted by Crippen LogP contribution is -2.30. The Labute approximate surface area is 182 Å². The summed E-state index contributed by atoms with van der Waals surface area (Å²) in [6.45, 7) is 3.17. The second kappa shape index (κ2) is 10.7. The maximum absolute atomic E-state index is 5.56. The molecule has 0 unspecified atom stereocenters. The van der Waals surface area contributed by atoms with Crippen LogP contribution in [0, 0.1) is 0 Å². The fourth-order valence-electron chi connectivity index (χ4n) is 2.82. The molecule has 0 spiro atoms. The van der Waals surface area contributed by atoms with Crippen molar-refractivity contribution in [2.75, 3.05) is 26.1 Å². The third-order valence-electron chi connectivity index (χ3n) is 4.14. The smallest absolute Gasteiger partial charge is 0.195 e. The first-order valence-corrected chi connectivity index (χ1v) is 8.86. The summed E-state index contributed by atoms with van der Waals surface area (Å²) >= 11 is 0. The first kappa shape index (κ1) is 21.7. The number of nitrogens with zero attached hydrogens (tertiary/aromatic N) is 2. The fraction of sp³-hybridized carbons (Fsp3) is 0.238. The Morgan fingerprint density at radius 1 is 1.11 bits per heavy atom. The molecule has 0 aliphatic carbocycles. The van der Waals surface area contributed by atoms with E-state index < -0.39 is 0 Å². The first-order valence-electron chi connectivity index (χ1n) is 8.86. The molecule has 0 saturated heterocycles. The number of guanidine groups is 1. The molecule has 0 saturated carbocycles. The van der Waals surface area contributed by atoms with Crippen molar-refractivity contribution >= 4 is 46.5 Å². The Kier molecular flexibility index (Phi) is 8.31. The van der Waals surface area contributed by atoms with Crippen LogP contribution < -0.4 is 20.1 Å². The molecule has 3 rings (SSSR count). The number of pyridine rings is 1. The van der Waals surface area contributed by atoms with Gasteiger partial charge in [0, 0.05) is 36.9 Å². The Morgan fingerprint density at radius 2 is 1.93 bits per heavy atom. The van der Waals surface area contributed by atoms with Crippen LogP contribution in [0.15, 0.2) is 59.7 Å². The summed E-state index contributed by atoms with van der Waals surface area (Å²) in [6.07, 6.45) is 1.83. The van der Waals surface area contributed by atoms with Gasteiger partial charge in [-0.05, 0) is 36.8 Å². The van der Waals surface area contributed by atoms with Gasteiger partial charge < -0.3 is 20.1 Å². The van der Waals surface area contributed by atoms with Gasteiger partial charge in [-0.15, -0.1) is 24.0 Å². The monoisotopic (exact) mass is 492 g/mol. The molecule has 0 bridgehead atoms. The number of hydrogen-bond donors (Lipinski definition) is 2. The van der Waals surface area contributed by atoms with Crippen LogP contribution in [0.2, 0.25) is 0 Å². The SMILES string of the molecule is CCOc1ccc(NC(=NC)NCc2ccnc3ccccc23)cc1OC.I. The predicted molar refractivity (Wildman–Crippen MR) is 125 cm³/mol. The van der Waals surface area contributed by atoms with Gasteiger partial charge >= 0.3 is 0 Å². The topological polar surface area (TPSA) is 67.8 Å². The van der Waals surface area contributed by atoms with Crippen LogP contribution in [-0.4, -0.2) is 31.7 Å². The molecule has 7 heteroatoms. The third kappa shape index (κ3) is 5.25. The highest BCUT2D eigenvalue weighted by Crippen LogP contribution is 2.30. The molecular formula is C21H25IN4O2. The number of para-hydroxylation sites is 1. The first-order chi connectivity index (χ1) is 13.2. The zero-order chi connectivity index (χ0) is 19.1. The van der Waals surface area contributed by atoms with Gasteiger partial charge in [0.15, 0.2) is 17.5 Å². The molecule has 6 nitrogen and oxygen atoms in total.